The summed E-state index contributed by atoms with van der Waals surface area (Å²) in [4.78, 5) is 13.8. The Labute approximate surface area is 182 Å². The SMILES string of the molecule is COc1cc2ccccc2cc1C(=O)Nc1ccc(-c2nn3c(C)nnc3s2)cc1C. The Balaban J connectivity index is 1.44. The molecule has 5 aromatic rings. The van der Waals surface area contributed by atoms with Crippen LogP contribution in [0.15, 0.2) is 54.6 Å². The lowest BCUT2D eigenvalue weighted by molar-refractivity contribution is 0.102. The first-order valence-corrected chi connectivity index (χ1v) is 10.5. The number of nitrogens with one attached hydrogen (secondary N) is 1. The van der Waals surface area contributed by atoms with E-state index in [9.17, 15) is 4.79 Å². The molecule has 1 amide bonds. The van der Waals surface area contributed by atoms with Crippen LogP contribution in [0.25, 0.3) is 26.3 Å². The van der Waals surface area contributed by atoms with Gasteiger partial charge in [-0.05, 0) is 60.5 Å². The average molecular weight is 430 g/mol. The fourth-order valence-corrected chi connectivity index (χ4v) is 4.41. The van der Waals surface area contributed by atoms with Gasteiger partial charge in [-0.15, -0.1) is 10.2 Å². The van der Waals surface area contributed by atoms with E-state index in [4.69, 9.17) is 4.74 Å². The molecule has 8 heteroatoms. The number of carbonyl (C=O) groups excluding carboxylic acids is 1. The Bertz CT molecular complexity index is 1450. The number of hydrogen-bond acceptors (Lipinski definition) is 6. The molecule has 0 aliphatic carbocycles. The molecule has 0 spiro atoms. The molecule has 0 bridgehead atoms. The summed E-state index contributed by atoms with van der Waals surface area (Å²) in [5, 5.41) is 18.6. The molecule has 0 saturated carbocycles. The second-order valence-corrected chi connectivity index (χ2v) is 8.19. The fourth-order valence-electron chi connectivity index (χ4n) is 3.52. The van der Waals surface area contributed by atoms with Gasteiger partial charge in [0.2, 0.25) is 4.96 Å². The smallest absolute Gasteiger partial charge is 0.259 e. The number of amides is 1. The van der Waals surface area contributed by atoms with Gasteiger partial charge in [-0.1, -0.05) is 35.6 Å². The lowest BCUT2D eigenvalue weighted by atomic mass is 10.0. The van der Waals surface area contributed by atoms with E-state index in [1.165, 1.54) is 11.3 Å². The third-order valence-electron chi connectivity index (χ3n) is 5.18. The number of anilines is 1. The van der Waals surface area contributed by atoms with Crippen molar-refractivity contribution in [2.24, 2.45) is 0 Å². The van der Waals surface area contributed by atoms with E-state index < -0.39 is 0 Å². The van der Waals surface area contributed by atoms with Crippen LogP contribution in [0.5, 0.6) is 5.75 Å². The molecule has 0 unspecified atom stereocenters. The minimum atomic E-state index is -0.215. The maximum absolute atomic E-state index is 13.0. The Hall–Kier alpha value is -3.78. The van der Waals surface area contributed by atoms with Crippen molar-refractivity contribution in [1.29, 1.82) is 0 Å². The molecule has 0 aliphatic rings. The summed E-state index contributed by atoms with van der Waals surface area (Å²) in [6.45, 7) is 3.83. The molecule has 3 aromatic carbocycles. The van der Waals surface area contributed by atoms with Crippen LogP contribution in [-0.2, 0) is 0 Å². The van der Waals surface area contributed by atoms with Gasteiger partial charge in [-0.2, -0.15) is 9.61 Å². The largest absolute Gasteiger partial charge is 0.496 e. The van der Waals surface area contributed by atoms with Crippen molar-refractivity contribution in [2.45, 2.75) is 13.8 Å². The van der Waals surface area contributed by atoms with E-state index in [0.29, 0.717) is 11.3 Å². The van der Waals surface area contributed by atoms with E-state index in [1.807, 2.05) is 68.4 Å². The zero-order valence-corrected chi connectivity index (χ0v) is 18.0. The van der Waals surface area contributed by atoms with Crippen LogP contribution in [-0.4, -0.2) is 32.8 Å². The standard InChI is InChI=1S/C23H19N5O2S/c1-13-10-17(22-27-28-14(2)25-26-23(28)31-22)8-9-19(13)24-21(29)18-11-15-6-4-5-7-16(15)12-20(18)30-3/h4-12H,1-3H3,(H,24,29). The molecule has 0 fully saturated rings. The number of methoxy groups -OCH3 is 1. The zero-order valence-electron chi connectivity index (χ0n) is 17.2. The topological polar surface area (TPSA) is 81.4 Å². The highest BCUT2D eigenvalue weighted by atomic mass is 32.1. The number of hydrogen-bond donors (Lipinski definition) is 1. The molecule has 31 heavy (non-hydrogen) atoms. The maximum Gasteiger partial charge on any atom is 0.259 e. The lowest BCUT2D eigenvalue weighted by Gasteiger charge is -2.13. The predicted octanol–water partition coefficient (Wildman–Crippen LogP) is 4.88. The summed E-state index contributed by atoms with van der Waals surface area (Å²) in [6.07, 6.45) is 0. The first-order chi connectivity index (χ1) is 15.0. The highest BCUT2D eigenvalue weighted by Gasteiger charge is 2.16. The molecular formula is C23H19N5O2S. The van der Waals surface area contributed by atoms with Crippen molar-refractivity contribution in [2.75, 3.05) is 12.4 Å². The molecule has 2 heterocycles. The predicted molar refractivity (Wildman–Crippen MR) is 122 cm³/mol. The van der Waals surface area contributed by atoms with Crippen molar-refractivity contribution in [3.05, 3.63) is 71.5 Å². The quantitative estimate of drug-likeness (QED) is 0.440. The molecule has 0 aliphatic heterocycles. The molecular weight excluding hydrogens is 410 g/mol. The van der Waals surface area contributed by atoms with Gasteiger partial charge in [0.1, 0.15) is 10.8 Å². The van der Waals surface area contributed by atoms with Crippen LogP contribution < -0.4 is 10.1 Å². The Morgan fingerprint density at radius 3 is 2.52 bits per heavy atom. The van der Waals surface area contributed by atoms with E-state index in [1.54, 1.807) is 11.6 Å². The van der Waals surface area contributed by atoms with Crippen LogP contribution >= 0.6 is 11.3 Å². The first kappa shape index (κ1) is 19.2. The molecule has 7 nitrogen and oxygen atoms in total. The summed E-state index contributed by atoms with van der Waals surface area (Å²) in [6, 6.07) is 17.5. The molecule has 5 rings (SSSR count). The zero-order chi connectivity index (χ0) is 21.5. The van der Waals surface area contributed by atoms with Crippen LogP contribution in [0.1, 0.15) is 21.7 Å². The summed E-state index contributed by atoms with van der Waals surface area (Å²) in [5.41, 5.74) is 3.14. The number of aromatic nitrogens is 4. The molecule has 154 valence electrons. The lowest BCUT2D eigenvalue weighted by Crippen LogP contribution is -2.14. The number of rotatable bonds is 4. The van der Waals surface area contributed by atoms with E-state index in [-0.39, 0.29) is 5.91 Å². The summed E-state index contributed by atoms with van der Waals surface area (Å²) in [5.74, 6) is 1.08. The minimum absolute atomic E-state index is 0.215. The third-order valence-corrected chi connectivity index (χ3v) is 6.13. The molecule has 0 atom stereocenters. The van der Waals surface area contributed by atoms with Crippen molar-refractivity contribution < 1.29 is 9.53 Å². The molecule has 0 radical (unpaired) electrons. The number of aryl methyl sites for hydroxylation is 2. The average Bonchev–Trinajstić information content (AvgIpc) is 3.36. The highest BCUT2D eigenvalue weighted by Crippen LogP contribution is 2.30. The maximum atomic E-state index is 13.0. The highest BCUT2D eigenvalue weighted by molar-refractivity contribution is 7.19. The number of benzene rings is 3. The van der Waals surface area contributed by atoms with Crippen molar-refractivity contribution in [3.8, 4) is 16.3 Å². The molecule has 2 aromatic heterocycles. The van der Waals surface area contributed by atoms with Crippen molar-refractivity contribution >= 4 is 38.7 Å². The fraction of sp³-hybridized carbons (Fsp3) is 0.130. The normalized spacial score (nSPS) is 11.2. The molecule has 0 saturated heterocycles. The van der Waals surface area contributed by atoms with Gasteiger partial charge < -0.3 is 10.1 Å². The number of carbonyl (C=O) groups is 1. The minimum Gasteiger partial charge on any atom is -0.496 e. The summed E-state index contributed by atoms with van der Waals surface area (Å²) < 4.78 is 7.20. The van der Waals surface area contributed by atoms with Gasteiger partial charge in [-0.25, -0.2) is 0 Å². The van der Waals surface area contributed by atoms with Gasteiger partial charge >= 0.3 is 0 Å². The number of fused-ring (bicyclic) bond motifs is 2. The van der Waals surface area contributed by atoms with E-state index >= 15 is 0 Å². The van der Waals surface area contributed by atoms with Gasteiger partial charge in [0.05, 0.1) is 12.7 Å². The Morgan fingerprint density at radius 1 is 1.03 bits per heavy atom. The van der Waals surface area contributed by atoms with Crippen LogP contribution in [0.3, 0.4) is 0 Å². The van der Waals surface area contributed by atoms with Crippen LogP contribution in [0.4, 0.5) is 5.69 Å². The van der Waals surface area contributed by atoms with Crippen LogP contribution in [0.2, 0.25) is 0 Å². The Kier molecular flexibility index (Phi) is 4.63. The van der Waals surface area contributed by atoms with Gasteiger partial charge in [0.15, 0.2) is 5.82 Å². The summed E-state index contributed by atoms with van der Waals surface area (Å²) in [7, 11) is 1.57. The van der Waals surface area contributed by atoms with Crippen molar-refractivity contribution in [3.63, 3.8) is 0 Å². The third kappa shape index (κ3) is 3.40. The molecule has 1 N–H and O–H groups in total. The number of ether oxygens (including phenoxy) is 1. The monoisotopic (exact) mass is 429 g/mol. The van der Waals surface area contributed by atoms with Gasteiger partial charge in [0.25, 0.3) is 5.91 Å². The van der Waals surface area contributed by atoms with E-state index in [0.717, 1.165) is 43.4 Å². The summed E-state index contributed by atoms with van der Waals surface area (Å²) >= 11 is 1.48. The number of nitrogens with zero attached hydrogens (tertiary/aromatic N) is 4. The van der Waals surface area contributed by atoms with Crippen molar-refractivity contribution in [1.82, 2.24) is 19.8 Å². The first-order valence-electron chi connectivity index (χ1n) is 9.71. The van der Waals surface area contributed by atoms with E-state index in [2.05, 4.69) is 20.6 Å². The van der Waals surface area contributed by atoms with Gasteiger partial charge in [0, 0.05) is 11.3 Å². The Morgan fingerprint density at radius 2 is 1.81 bits per heavy atom. The second-order valence-electron chi connectivity index (χ2n) is 7.23. The second kappa shape index (κ2) is 7.48. The van der Waals surface area contributed by atoms with Gasteiger partial charge in [-0.3, -0.25) is 4.79 Å². The van der Waals surface area contributed by atoms with Crippen LogP contribution in [0, 0.1) is 13.8 Å².